The second kappa shape index (κ2) is 2.49. The van der Waals surface area contributed by atoms with E-state index in [1.807, 2.05) is 36.4 Å². The SMILES string of the molecule is [O-][N+]1CC=Cc2ccccc21. The lowest BCUT2D eigenvalue weighted by Gasteiger charge is -2.16. The predicted molar refractivity (Wildman–Crippen MR) is 45.5 cm³/mol. The predicted octanol–water partition coefficient (Wildman–Crippen LogP) is 1.98. The van der Waals surface area contributed by atoms with Gasteiger partial charge in [-0.3, -0.25) is 0 Å². The minimum atomic E-state index is 0.469. The monoisotopic (exact) mass is 146 g/mol. The highest BCUT2D eigenvalue weighted by atomic mass is 16.5. The van der Waals surface area contributed by atoms with Gasteiger partial charge in [0.2, 0.25) is 0 Å². The van der Waals surface area contributed by atoms with E-state index in [0.717, 1.165) is 16.3 Å². The van der Waals surface area contributed by atoms with Crippen molar-refractivity contribution in [2.75, 3.05) is 6.54 Å². The fourth-order valence-electron chi connectivity index (χ4n) is 1.23. The molecule has 0 bridgehead atoms. The summed E-state index contributed by atoms with van der Waals surface area (Å²) in [6, 6.07) is 7.59. The number of rotatable bonds is 0. The molecular weight excluding hydrogens is 138 g/mol. The summed E-state index contributed by atoms with van der Waals surface area (Å²) in [5, 5.41) is 12.1. The van der Waals surface area contributed by atoms with Crippen LogP contribution in [0.1, 0.15) is 5.56 Å². The van der Waals surface area contributed by atoms with Gasteiger partial charge in [-0.1, -0.05) is 12.1 Å². The van der Waals surface area contributed by atoms with Crippen molar-refractivity contribution < 1.29 is 0 Å². The average molecular weight is 146 g/mol. The second-order valence-corrected chi connectivity index (χ2v) is 2.52. The minimum absolute atomic E-state index is 0.469. The molecule has 0 atom stereocenters. The molecule has 0 saturated carbocycles. The van der Waals surface area contributed by atoms with Gasteiger partial charge in [0.05, 0.1) is 0 Å². The third kappa shape index (κ3) is 1.06. The maximum absolute atomic E-state index is 11.2. The minimum Gasteiger partial charge on any atom is -0.576 e. The molecule has 2 rings (SSSR count). The fraction of sp³-hybridized carbons (Fsp3) is 0.111. The van der Waals surface area contributed by atoms with Gasteiger partial charge in [-0.15, -0.1) is 0 Å². The third-order valence-electron chi connectivity index (χ3n) is 1.77. The first-order chi connectivity index (χ1) is 5.38. The Morgan fingerprint density at radius 1 is 1.27 bits per heavy atom. The van der Waals surface area contributed by atoms with Crippen molar-refractivity contribution in [2.24, 2.45) is 0 Å². The molecule has 1 aromatic carbocycles. The first kappa shape index (κ1) is 6.58. The standard InChI is InChI=1S/C9H8NO/c11-10-7-3-5-8-4-1-2-6-9(8)10/h1-6H,7H2. The lowest BCUT2D eigenvalue weighted by Crippen LogP contribution is -2.19. The smallest absolute Gasteiger partial charge is 0.189 e. The zero-order chi connectivity index (χ0) is 7.68. The van der Waals surface area contributed by atoms with Gasteiger partial charge in [-0.2, -0.15) is 5.06 Å². The molecule has 11 heavy (non-hydrogen) atoms. The summed E-state index contributed by atoms with van der Waals surface area (Å²) >= 11 is 0. The number of para-hydroxylation sites is 1. The van der Waals surface area contributed by atoms with Gasteiger partial charge in [-0.05, 0) is 18.2 Å². The topological polar surface area (TPSA) is 29.0 Å². The molecule has 2 nitrogen and oxygen atoms in total. The lowest BCUT2D eigenvalue weighted by molar-refractivity contribution is 0.752. The summed E-state index contributed by atoms with van der Waals surface area (Å²) in [4.78, 5) is 0. The number of anilines is 1. The molecule has 0 fully saturated rings. The second-order valence-electron chi connectivity index (χ2n) is 2.52. The fourth-order valence-corrected chi connectivity index (χ4v) is 1.23. The van der Waals surface area contributed by atoms with Crippen molar-refractivity contribution in [1.82, 2.24) is 5.06 Å². The van der Waals surface area contributed by atoms with E-state index in [0.29, 0.717) is 6.54 Å². The lowest BCUT2D eigenvalue weighted by atomic mass is 10.1. The molecule has 1 aliphatic rings. The summed E-state index contributed by atoms with van der Waals surface area (Å²) in [7, 11) is 0. The van der Waals surface area contributed by atoms with Crippen LogP contribution in [0.5, 0.6) is 0 Å². The largest absolute Gasteiger partial charge is 0.576 e. The number of fused-ring (bicyclic) bond motifs is 1. The van der Waals surface area contributed by atoms with Crippen molar-refractivity contribution in [1.29, 1.82) is 0 Å². The van der Waals surface area contributed by atoms with Crippen molar-refractivity contribution in [3.63, 3.8) is 0 Å². The Morgan fingerprint density at radius 2 is 2.09 bits per heavy atom. The molecule has 55 valence electrons. The van der Waals surface area contributed by atoms with E-state index >= 15 is 0 Å². The van der Waals surface area contributed by atoms with Gasteiger partial charge >= 0.3 is 0 Å². The summed E-state index contributed by atoms with van der Waals surface area (Å²) in [5.74, 6) is 0. The molecule has 0 unspecified atom stereocenters. The molecule has 1 heterocycles. The average Bonchev–Trinajstić information content (AvgIpc) is 2.06. The highest BCUT2D eigenvalue weighted by Crippen LogP contribution is 2.23. The summed E-state index contributed by atoms with van der Waals surface area (Å²) in [6.45, 7) is 0.469. The molecule has 0 amide bonds. The van der Waals surface area contributed by atoms with E-state index in [1.165, 1.54) is 0 Å². The van der Waals surface area contributed by atoms with E-state index in [1.54, 1.807) is 0 Å². The maximum atomic E-state index is 11.2. The quantitative estimate of drug-likeness (QED) is 0.406. The van der Waals surface area contributed by atoms with E-state index in [2.05, 4.69) is 0 Å². The molecule has 0 spiro atoms. The van der Waals surface area contributed by atoms with Gasteiger partial charge in [0.25, 0.3) is 0 Å². The molecule has 0 aliphatic carbocycles. The number of hydrogen-bond donors (Lipinski definition) is 0. The van der Waals surface area contributed by atoms with Crippen molar-refractivity contribution in [2.45, 2.75) is 0 Å². The first-order valence-corrected chi connectivity index (χ1v) is 3.58. The van der Waals surface area contributed by atoms with Gasteiger partial charge in [0, 0.05) is 11.6 Å². The Bertz CT molecular complexity index is 293. The van der Waals surface area contributed by atoms with E-state index in [4.69, 9.17) is 0 Å². The number of benzene rings is 1. The maximum Gasteiger partial charge on any atom is 0.189 e. The highest BCUT2D eigenvalue weighted by molar-refractivity contribution is 5.67. The van der Waals surface area contributed by atoms with Crippen molar-refractivity contribution >= 4 is 11.8 Å². The van der Waals surface area contributed by atoms with Crippen LogP contribution in [0.4, 0.5) is 5.69 Å². The first-order valence-electron chi connectivity index (χ1n) is 3.58. The van der Waals surface area contributed by atoms with Crippen LogP contribution in [0.15, 0.2) is 30.3 Å². The molecule has 1 radical (unpaired) electrons. The Labute approximate surface area is 65.3 Å². The van der Waals surface area contributed by atoms with Gasteiger partial charge < -0.3 is 5.21 Å². The van der Waals surface area contributed by atoms with Crippen LogP contribution >= 0.6 is 0 Å². The van der Waals surface area contributed by atoms with E-state index in [9.17, 15) is 5.21 Å². The van der Waals surface area contributed by atoms with Crippen LogP contribution in [0, 0.1) is 5.21 Å². The molecule has 1 aromatic rings. The van der Waals surface area contributed by atoms with Crippen LogP contribution in [0.3, 0.4) is 0 Å². The molecule has 0 N–H and O–H groups in total. The van der Waals surface area contributed by atoms with Crippen LogP contribution in [-0.2, 0) is 0 Å². The number of hydrogen-bond acceptors (Lipinski definition) is 2. The molecule has 0 aromatic heterocycles. The van der Waals surface area contributed by atoms with E-state index in [-0.39, 0.29) is 0 Å². The van der Waals surface area contributed by atoms with Crippen LogP contribution in [-0.4, -0.2) is 6.54 Å². The zero-order valence-corrected chi connectivity index (χ0v) is 6.03. The number of nitrogens with zero attached hydrogens (tertiary/aromatic N) is 1. The Kier molecular flexibility index (Phi) is 1.49. The van der Waals surface area contributed by atoms with Gasteiger partial charge in [0.1, 0.15) is 6.54 Å². The summed E-state index contributed by atoms with van der Waals surface area (Å²) < 4.78 is 0. The molecular formula is C9H8NO. The van der Waals surface area contributed by atoms with E-state index < -0.39 is 0 Å². The summed E-state index contributed by atoms with van der Waals surface area (Å²) in [6.07, 6.45) is 3.85. The molecule has 0 saturated heterocycles. The highest BCUT2D eigenvalue weighted by Gasteiger charge is 2.13. The zero-order valence-electron chi connectivity index (χ0n) is 6.03. The van der Waals surface area contributed by atoms with Gasteiger partial charge in [0.15, 0.2) is 5.69 Å². The van der Waals surface area contributed by atoms with Crippen LogP contribution in [0.25, 0.3) is 6.08 Å². The Hall–Kier alpha value is -1.12. The Morgan fingerprint density at radius 3 is 2.91 bits per heavy atom. The summed E-state index contributed by atoms with van der Waals surface area (Å²) in [5.41, 5.74) is 1.78. The number of hydroxylamine groups is 1. The van der Waals surface area contributed by atoms with Crippen LogP contribution < -0.4 is 5.06 Å². The normalized spacial score (nSPS) is 16.5. The van der Waals surface area contributed by atoms with Crippen molar-refractivity contribution in [3.8, 4) is 0 Å². The Balaban J connectivity index is 2.54. The van der Waals surface area contributed by atoms with Crippen LogP contribution in [0.2, 0.25) is 0 Å². The molecule has 1 aliphatic heterocycles. The van der Waals surface area contributed by atoms with Gasteiger partial charge in [-0.25, -0.2) is 0 Å². The third-order valence-corrected chi connectivity index (χ3v) is 1.77. The molecule has 2 heteroatoms. The van der Waals surface area contributed by atoms with Crippen molar-refractivity contribution in [3.05, 3.63) is 41.1 Å².